The lowest BCUT2D eigenvalue weighted by Gasteiger charge is -2.28. The Kier molecular flexibility index (Phi) is 3.91. The van der Waals surface area contributed by atoms with Crippen LogP contribution in [-0.2, 0) is 7.05 Å². The van der Waals surface area contributed by atoms with E-state index in [1.54, 1.807) is 28.5 Å². The average Bonchev–Trinajstić information content (AvgIpc) is 3.09. The number of pyridine rings is 2. The third kappa shape index (κ3) is 2.75. The summed E-state index contributed by atoms with van der Waals surface area (Å²) in [6, 6.07) is 11.0. The molecule has 1 N–H and O–H groups in total. The van der Waals surface area contributed by atoms with Crippen molar-refractivity contribution < 1.29 is 4.39 Å². The monoisotopic (exact) mass is 377 g/mol. The first-order valence-electron chi connectivity index (χ1n) is 9.34. The minimum atomic E-state index is -0.348. The summed E-state index contributed by atoms with van der Waals surface area (Å²) in [7, 11) is 1.78. The van der Waals surface area contributed by atoms with Crippen LogP contribution in [0.4, 0.5) is 10.1 Å². The molecule has 4 aromatic rings. The molecule has 0 bridgehead atoms. The summed E-state index contributed by atoms with van der Waals surface area (Å²) >= 11 is 0. The zero-order valence-electron chi connectivity index (χ0n) is 15.5. The number of nitrogens with zero attached hydrogens (tertiary/aromatic N) is 4. The molecule has 3 aromatic heterocycles. The van der Waals surface area contributed by atoms with Crippen LogP contribution < -0.4 is 15.8 Å². The van der Waals surface area contributed by atoms with Crippen molar-refractivity contribution in [3.05, 3.63) is 65.0 Å². The molecule has 1 fully saturated rings. The average molecular weight is 377 g/mol. The Bertz CT molecular complexity index is 1250. The van der Waals surface area contributed by atoms with E-state index in [2.05, 4.69) is 15.3 Å². The SMILES string of the molecule is Cn1cc2cc(-c3ccn4c(=O)c(N5CCNCC5)ccc4c3)cc(F)c2n1. The molecular formula is C21H20FN5O. The van der Waals surface area contributed by atoms with Crippen LogP contribution in [0.3, 0.4) is 0 Å². The second kappa shape index (κ2) is 6.45. The van der Waals surface area contributed by atoms with Crippen LogP contribution in [0.25, 0.3) is 27.5 Å². The molecule has 1 aliphatic rings. The Hall–Kier alpha value is -3.19. The number of nitrogens with one attached hydrogen (secondary N) is 1. The number of fused-ring (bicyclic) bond motifs is 2. The molecule has 0 radical (unpaired) electrons. The van der Waals surface area contributed by atoms with E-state index >= 15 is 0 Å². The number of aryl methyl sites for hydroxylation is 1. The minimum absolute atomic E-state index is 0.0279. The first kappa shape index (κ1) is 16.9. The maximum absolute atomic E-state index is 14.4. The summed E-state index contributed by atoms with van der Waals surface area (Å²) in [5.74, 6) is -0.348. The summed E-state index contributed by atoms with van der Waals surface area (Å²) in [5, 5.41) is 8.20. The number of hydrogen-bond acceptors (Lipinski definition) is 4. The van der Waals surface area contributed by atoms with Crippen molar-refractivity contribution in [1.29, 1.82) is 0 Å². The van der Waals surface area contributed by atoms with Crippen LogP contribution >= 0.6 is 0 Å². The molecule has 7 heteroatoms. The van der Waals surface area contributed by atoms with Gasteiger partial charge in [-0.25, -0.2) is 4.39 Å². The van der Waals surface area contributed by atoms with Crippen LogP contribution in [0.15, 0.2) is 53.6 Å². The standard InChI is InChI=1S/C21H20FN5O/c1-25-13-16-10-15(12-18(22)20(16)24-25)14-4-7-27-17(11-14)2-3-19(21(27)28)26-8-5-23-6-9-26/h2-4,7,10-13,23H,5-6,8-9H2,1H3. The zero-order valence-corrected chi connectivity index (χ0v) is 15.5. The van der Waals surface area contributed by atoms with E-state index < -0.39 is 0 Å². The highest BCUT2D eigenvalue weighted by molar-refractivity contribution is 5.85. The Morgan fingerprint density at radius 1 is 1.07 bits per heavy atom. The lowest BCUT2D eigenvalue weighted by molar-refractivity contribution is 0.587. The van der Waals surface area contributed by atoms with Gasteiger partial charge in [0.05, 0.1) is 0 Å². The second-order valence-electron chi connectivity index (χ2n) is 7.17. The van der Waals surface area contributed by atoms with E-state index in [0.29, 0.717) is 5.52 Å². The van der Waals surface area contributed by atoms with Crippen molar-refractivity contribution in [2.45, 2.75) is 0 Å². The van der Waals surface area contributed by atoms with Gasteiger partial charge in [-0.15, -0.1) is 0 Å². The molecule has 0 atom stereocenters. The van der Waals surface area contributed by atoms with E-state index in [4.69, 9.17) is 0 Å². The fourth-order valence-corrected chi connectivity index (χ4v) is 3.90. The quantitative estimate of drug-likeness (QED) is 0.583. The van der Waals surface area contributed by atoms with Crippen LogP contribution in [0.2, 0.25) is 0 Å². The van der Waals surface area contributed by atoms with Gasteiger partial charge >= 0.3 is 0 Å². The number of halogens is 1. The van der Waals surface area contributed by atoms with Crippen LogP contribution in [0, 0.1) is 5.82 Å². The normalized spacial score (nSPS) is 14.9. The highest BCUT2D eigenvalue weighted by Gasteiger charge is 2.15. The van der Waals surface area contributed by atoms with Gasteiger partial charge in [0.25, 0.3) is 5.56 Å². The van der Waals surface area contributed by atoms with Gasteiger partial charge in [0, 0.05) is 56.5 Å². The summed E-state index contributed by atoms with van der Waals surface area (Å²) in [5.41, 5.74) is 3.46. The highest BCUT2D eigenvalue weighted by Crippen LogP contribution is 2.27. The minimum Gasteiger partial charge on any atom is -0.365 e. The number of benzene rings is 1. The first-order valence-corrected chi connectivity index (χ1v) is 9.34. The van der Waals surface area contributed by atoms with Crippen molar-refractivity contribution in [3.63, 3.8) is 0 Å². The molecule has 142 valence electrons. The van der Waals surface area contributed by atoms with Crippen molar-refractivity contribution in [1.82, 2.24) is 19.5 Å². The van der Waals surface area contributed by atoms with Gasteiger partial charge in [-0.05, 0) is 47.5 Å². The van der Waals surface area contributed by atoms with E-state index in [9.17, 15) is 9.18 Å². The second-order valence-corrected chi connectivity index (χ2v) is 7.17. The molecule has 1 aliphatic heterocycles. The van der Waals surface area contributed by atoms with Crippen molar-refractivity contribution in [2.75, 3.05) is 31.1 Å². The molecule has 28 heavy (non-hydrogen) atoms. The topological polar surface area (TPSA) is 54.6 Å². The Balaban J connectivity index is 1.59. The lowest BCUT2D eigenvalue weighted by Crippen LogP contribution is -2.45. The summed E-state index contributed by atoms with van der Waals surface area (Å²) < 4.78 is 17.7. The number of rotatable bonds is 2. The third-order valence-electron chi connectivity index (χ3n) is 5.30. The third-order valence-corrected chi connectivity index (χ3v) is 5.30. The molecule has 5 rings (SSSR count). The van der Waals surface area contributed by atoms with Crippen LogP contribution in [-0.4, -0.2) is 40.4 Å². The molecule has 0 aliphatic carbocycles. The smallest absolute Gasteiger partial charge is 0.278 e. The molecule has 0 unspecified atom stereocenters. The van der Waals surface area contributed by atoms with Gasteiger partial charge in [-0.1, -0.05) is 0 Å². The maximum Gasteiger partial charge on any atom is 0.278 e. The Labute approximate surface area is 160 Å². The van der Waals surface area contributed by atoms with E-state index in [1.165, 1.54) is 6.07 Å². The van der Waals surface area contributed by atoms with Crippen molar-refractivity contribution in [2.24, 2.45) is 7.05 Å². The van der Waals surface area contributed by atoms with E-state index in [-0.39, 0.29) is 11.4 Å². The van der Waals surface area contributed by atoms with Crippen molar-refractivity contribution >= 4 is 22.1 Å². The fraction of sp³-hybridized carbons (Fsp3) is 0.238. The largest absolute Gasteiger partial charge is 0.365 e. The van der Waals surface area contributed by atoms with Gasteiger partial charge in [-0.2, -0.15) is 5.10 Å². The van der Waals surface area contributed by atoms with Gasteiger partial charge in [0.15, 0.2) is 5.82 Å². The van der Waals surface area contributed by atoms with Gasteiger partial charge in [0.1, 0.15) is 11.2 Å². The number of hydrogen-bond donors (Lipinski definition) is 1. The molecular weight excluding hydrogens is 357 g/mol. The maximum atomic E-state index is 14.4. The van der Waals surface area contributed by atoms with Gasteiger partial charge < -0.3 is 10.2 Å². The van der Waals surface area contributed by atoms with Gasteiger partial charge in [-0.3, -0.25) is 13.9 Å². The zero-order chi connectivity index (χ0) is 19.3. The molecule has 0 spiro atoms. The number of anilines is 1. The van der Waals surface area contributed by atoms with E-state index in [1.807, 2.05) is 30.3 Å². The molecule has 4 heterocycles. The van der Waals surface area contributed by atoms with Crippen LogP contribution in [0.1, 0.15) is 0 Å². The van der Waals surface area contributed by atoms with Crippen molar-refractivity contribution in [3.8, 4) is 11.1 Å². The molecule has 1 saturated heterocycles. The van der Waals surface area contributed by atoms with Crippen LogP contribution in [0.5, 0.6) is 0 Å². The molecule has 0 saturated carbocycles. The Morgan fingerprint density at radius 3 is 2.71 bits per heavy atom. The Morgan fingerprint density at radius 2 is 1.89 bits per heavy atom. The number of aromatic nitrogens is 3. The summed E-state index contributed by atoms with van der Waals surface area (Å²) in [6.45, 7) is 3.40. The first-order chi connectivity index (χ1) is 13.6. The molecule has 1 aromatic carbocycles. The van der Waals surface area contributed by atoms with Gasteiger partial charge in [0.2, 0.25) is 0 Å². The fourth-order valence-electron chi connectivity index (χ4n) is 3.90. The highest BCUT2D eigenvalue weighted by atomic mass is 19.1. The number of piperazine rings is 1. The van der Waals surface area contributed by atoms with E-state index in [0.717, 1.165) is 53.9 Å². The molecule has 6 nitrogen and oxygen atoms in total. The predicted octanol–water partition coefficient (Wildman–Crippen LogP) is 2.40. The summed E-state index contributed by atoms with van der Waals surface area (Å²) in [6.07, 6.45) is 3.57. The lowest BCUT2D eigenvalue weighted by atomic mass is 10.0. The summed E-state index contributed by atoms with van der Waals surface area (Å²) in [4.78, 5) is 15.1. The predicted molar refractivity (Wildman–Crippen MR) is 108 cm³/mol. The molecule has 0 amide bonds.